The minimum Gasteiger partial charge on any atom is -0.496 e. The van der Waals surface area contributed by atoms with Crippen LogP contribution in [0.15, 0.2) is 105 Å². The highest BCUT2D eigenvalue weighted by Gasteiger charge is 2.21. The molecular weight excluding hydrogens is 585 g/mol. The molecule has 45 heavy (non-hydrogen) atoms. The molecule has 0 saturated carbocycles. The highest BCUT2D eigenvalue weighted by Crippen LogP contribution is 2.33. The number of nitro benzene ring substituents is 1. The van der Waals surface area contributed by atoms with Crippen LogP contribution in [0, 0.1) is 15.9 Å². The van der Waals surface area contributed by atoms with E-state index in [9.17, 15) is 24.1 Å². The van der Waals surface area contributed by atoms with Gasteiger partial charge in [-0.3, -0.25) is 19.7 Å². The normalized spacial score (nSPS) is 11.2. The van der Waals surface area contributed by atoms with Gasteiger partial charge in [-0.05, 0) is 60.7 Å². The van der Waals surface area contributed by atoms with Crippen molar-refractivity contribution in [2.45, 2.75) is 0 Å². The Bertz CT molecular complexity index is 2170. The van der Waals surface area contributed by atoms with Gasteiger partial charge in [-0.25, -0.2) is 9.37 Å². The van der Waals surface area contributed by atoms with Gasteiger partial charge in [-0.2, -0.15) is 9.78 Å². The van der Waals surface area contributed by atoms with Gasteiger partial charge < -0.3 is 19.2 Å². The van der Waals surface area contributed by atoms with Crippen molar-refractivity contribution in [3.8, 4) is 23.1 Å². The van der Waals surface area contributed by atoms with E-state index in [4.69, 9.17) is 13.9 Å². The Hall–Kier alpha value is -6.37. The number of nitrogens with zero attached hydrogens (tertiary/aromatic N) is 4. The molecule has 0 spiro atoms. The first kappa shape index (κ1) is 28.7. The summed E-state index contributed by atoms with van der Waals surface area (Å²) in [4.78, 5) is 42.0. The van der Waals surface area contributed by atoms with E-state index in [1.165, 1.54) is 55.8 Å². The SMILES string of the molecule is COc1cccc2oc(-c3nc4ccccc4c(=O)n3N=Cc3cccc([N+](=O)[O-])c3OCC(=O)Nc3ccc(F)cc3)cc12. The van der Waals surface area contributed by atoms with Crippen LogP contribution in [-0.4, -0.2) is 40.4 Å². The number of methoxy groups -OCH3 is 1. The van der Waals surface area contributed by atoms with Crippen LogP contribution in [0.3, 0.4) is 0 Å². The number of benzene rings is 4. The molecule has 224 valence electrons. The zero-order chi connectivity index (χ0) is 31.5. The van der Waals surface area contributed by atoms with Crippen molar-refractivity contribution in [1.82, 2.24) is 9.66 Å². The molecule has 6 rings (SSSR count). The largest absolute Gasteiger partial charge is 0.496 e. The van der Waals surface area contributed by atoms with Gasteiger partial charge in [0, 0.05) is 17.3 Å². The molecule has 13 heteroatoms. The Balaban J connectivity index is 1.40. The number of rotatable bonds is 9. The maximum atomic E-state index is 13.7. The lowest BCUT2D eigenvalue weighted by Crippen LogP contribution is -2.21. The van der Waals surface area contributed by atoms with Crippen molar-refractivity contribution in [2.24, 2.45) is 5.10 Å². The van der Waals surface area contributed by atoms with Crippen LogP contribution in [0.25, 0.3) is 33.5 Å². The van der Waals surface area contributed by atoms with E-state index in [-0.39, 0.29) is 28.3 Å². The van der Waals surface area contributed by atoms with E-state index in [0.29, 0.717) is 27.9 Å². The third kappa shape index (κ3) is 5.82. The molecule has 0 atom stereocenters. The van der Waals surface area contributed by atoms with Gasteiger partial charge in [-0.15, -0.1) is 0 Å². The van der Waals surface area contributed by atoms with Crippen LogP contribution < -0.4 is 20.3 Å². The van der Waals surface area contributed by atoms with Crippen molar-refractivity contribution < 1.29 is 28.0 Å². The highest BCUT2D eigenvalue weighted by atomic mass is 19.1. The van der Waals surface area contributed by atoms with Crippen molar-refractivity contribution in [1.29, 1.82) is 0 Å². The Morgan fingerprint density at radius 3 is 2.62 bits per heavy atom. The number of furan rings is 1. The van der Waals surface area contributed by atoms with Gasteiger partial charge in [0.15, 0.2) is 12.4 Å². The van der Waals surface area contributed by atoms with Crippen LogP contribution in [0.1, 0.15) is 5.56 Å². The number of carbonyl (C=O) groups excluding carboxylic acids is 1. The number of hydrogen-bond donors (Lipinski definition) is 1. The monoisotopic (exact) mass is 607 g/mol. The average molecular weight is 608 g/mol. The topological polar surface area (TPSA) is 151 Å². The second-order valence-electron chi connectivity index (χ2n) is 9.59. The van der Waals surface area contributed by atoms with Gasteiger partial charge in [0.1, 0.15) is 17.1 Å². The Labute approximate surface area is 253 Å². The third-order valence-electron chi connectivity index (χ3n) is 6.72. The van der Waals surface area contributed by atoms with Gasteiger partial charge in [0.25, 0.3) is 11.5 Å². The van der Waals surface area contributed by atoms with Crippen LogP contribution in [0.2, 0.25) is 0 Å². The summed E-state index contributed by atoms with van der Waals surface area (Å²) >= 11 is 0. The quantitative estimate of drug-likeness (QED) is 0.124. The summed E-state index contributed by atoms with van der Waals surface area (Å²) in [5.74, 6) is -0.515. The van der Waals surface area contributed by atoms with Crippen molar-refractivity contribution in [3.63, 3.8) is 0 Å². The smallest absolute Gasteiger partial charge is 0.311 e. The lowest BCUT2D eigenvalue weighted by atomic mass is 10.2. The highest BCUT2D eigenvalue weighted by molar-refractivity contribution is 5.93. The third-order valence-corrected chi connectivity index (χ3v) is 6.72. The summed E-state index contributed by atoms with van der Waals surface area (Å²) in [7, 11) is 1.53. The van der Waals surface area contributed by atoms with Crippen molar-refractivity contribution >= 4 is 45.4 Å². The first-order chi connectivity index (χ1) is 21.8. The molecule has 0 fully saturated rings. The summed E-state index contributed by atoms with van der Waals surface area (Å²) in [5, 5.41) is 19.7. The molecule has 4 aromatic carbocycles. The summed E-state index contributed by atoms with van der Waals surface area (Å²) < 4.78 is 31.3. The van der Waals surface area contributed by atoms with Gasteiger partial charge in [0.2, 0.25) is 11.6 Å². The Kier molecular flexibility index (Phi) is 7.72. The number of aromatic nitrogens is 2. The number of ether oxygens (including phenoxy) is 2. The molecule has 1 amide bonds. The Morgan fingerprint density at radius 2 is 1.84 bits per heavy atom. The second-order valence-corrected chi connectivity index (χ2v) is 9.59. The van der Waals surface area contributed by atoms with Crippen LogP contribution in [0.5, 0.6) is 11.5 Å². The molecule has 0 aliphatic heterocycles. The molecule has 0 saturated heterocycles. The van der Waals surface area contributed by atoms with Crippen molar-refractivity contribution in [2.75, 3.05) is 19.0 Å². The molecule has 6 aromatic rings. The standard InChI is InChI=1S/C32H22FN5O7/c1-43-26-10-5-11-27-23(26)16-28(45-27)31-36-24-8-3-2-7-22(24)32(40)37(31)34-17-19-6-4-9-25(38(41)42)30(19)44-18-29(39)35-21-14-12-20(33)13-15-21/h2-17H,18H2,1H3,(H,35,39). The minimum atomic E-state index is -0.665. The van der Waals surface area contributed by atoms with Gasteiger partial charge in [0.05, 0.1) is 34.5 Å². The molecule has 12 nitrogen and oxygen atoms in total. The van der Waals surface area contributed by atoms with Gasteiger partial charge in [-0.1, -0.05) is 24.3 Å². The molecule has 0 aliphatic carbocycles. The lowest BCUT2D eigenvalue weighted by molar-refractivity contribution is -0.385. The van der Waals surface area contributed by atoms with E-state index in [1.807, 2.05) is 0 Å². The number of amides is 1. The molecule has 0 aliphatic rings. The zero-order valence-electron chi connectivity index (χ0n) is 23.5. The molecule has 0 unspecified atom stereocenters. The second kappa shape index (κ2) is 12.1. The fourth-order valence-corrected chi connectivity index (χ4v) is 4.65. The van der Waals surface area contributed by atoms with Gasteiger partial charge >= 0.3 is 5.69 Å². The number of para-hydroxylation sites is 2. The predicted molar refractivity (Wildman–Crippen MR) is 164 cm³/mol. The molecule has 0 radical (unpaired) electrons. The average Bonchev–Trinajstić information content (AvgIpc) is 3.49. The number of carbonyl (C=O) groups is 1. The minimum absolute atomic E-state index is 0.0692. The lowest BCUT2D eigenvalue weighted by Gasteiger charge is -2.11. The van der Waals surface area contributed by atoms with E-state index in [1.54, 1.807) is 48.5 Å². The first-order valence-electron chi connectivity index (χ1n) is 13.4. The maximum absolute atomic E-state index is 13.7. The van der Waals surface area contributed by atoms with E-state index >= 15 is 0 Å². The molecule has 2 aromatic heterocycles. The van der Waals surface area contributed by atoms with Crippen molar-refractivity contribution in [3.05, 3.63) is 123 Å². The summed E-state index contributed by atoms with van der Waals surface area (Å²) in [5.41, 5.74) is 0.371. The number of fused-ring (bicyclic) bond motifs is 2. The summed E-state index contributed by atoms with van der Waals surface area (Å²) in [6.45, 7) is -0.605. The zero-order valence-corrected chi connectivity index (χ0v) is 23.5. The Morgan fingerprint density at radius 1 is 1.07 bits per heavy atom. The first-order valence-corrected chi connectivity index (χ1v) is 13.4. The number of halogens is 1. The van der Waals surface area contributed by atoms with Crippen LogP contribution >= 0.6 is 0 Å². The van der Waals surface area contributed by atoms with E-state index < -0.39 is 34.5 Å². The van der Waals surface area contributed by atoms with Crippen LogP contribution in [0.4, 0.5) is 15.8 Å². The van der Waals surface area contributed by atoms with E-state index in [0.717, 1.165) is 4.68 Å². The number of nitrogens with one attached hydrogen (secondary N) is 1. The summed E-state index contributed by atoms with van der Waals surface area (Å²) in [6.07, 6.45) is 1.20. The molecule has 2 heterocycles. The molecule has 0 bridgehead atoms. The fourth-order valence-electron chi connectivity index (χ4n) is 4.65. The molecule has 1 N–H and O–H groups in total. The number of hydrogen-bond acceptors (Lipinski definition) is 9. The fraction of sp³-hybridized carbons (Fsp3) is 0.0625. The summed E-state index contributed by atoms with van der Waals surface area (Å²) in [6, 6.07) is 22.8. The van der Waals surface area contributed by atoms with Crippen LogP contribution in [-0.2, 0) is 4.79 Å². The maximum Gasteiger partial charge on any atom is 0.311 e. The number of anilines is 1. The molecular formula is C32H22FN5O7. The predicted octanol–water partition coefficient (Wildman–Crippen LogP) is 5.77. The number of nitro groups is 1. The van der Waals surface area contributed by atoms with E-state index in [2.05, 4.69) is 15.4 Å².